The predicted molar refractivity (Wildman–Crippen MR) is 140 cm³/mol. The summed E-state index contributed by atoms with van der Waals surface area (Å²) in [7, 11) is 0. The lowest BCUT2D eigenvalue weighted by Crippen LogP contribution is -2.42. The number of fused-ring (bicyclic) bond motifs is 1. The Morgan fingerprint density at radius 3 is 1.44 bits per heavy atom. The number of thiol groups is 2. The summed E-state index contributed by atoms with van der Waals surface area (Å²) < 4.78 is 11.7. The van der Waals surface area contributed by atoms with Crippen molar-refractivity contribution in [2.45, 2.75) is 37.8 Å². The highest BCUT2D eigenvalue weighted by Gasteiger charge is 2.18. The number of hydrogen-bond acceptors (Lipinski definition) is 8. The van der Waals surface area contributed by atoms with Crippen LogP contribution in [0, 0.1) is 0 Å². The summed E-state index contributed by atoms with van der Waals surface area (Å²) in [6.45, 7) is 0.518. The molecule has 4 N–H and O–H groups in total. The monoisotopic (exact) mass is 538 g/mol. The Bertz CT molecular complexity index is 982. The van der Waals surface area contributed by atoms with E-state index in [1.54, 1.807) is 12.1 Å². The van der Waals surface area contributed by atoms with Gasteiger partial charge in [-0.15, -0.1) is 0 Å². The Hall–Kier alpha value is -3.12. The maximum atomic E-state index is 11.9. The van der Waals surface area contributed by atoms with Gasteiger partial charge in [0.2, 0.25) is 11.8 Å². The second-order valence-electron chi connectivity index (χ2n) is 7.79. The standard InChI is InChI=1S/C24H30N2O8S2/c27-21(25-17(13-35)23(29)30)9-3-11-33-19-7-1-5-15-16(19)6-2-8-20(15)34-12-4-10-22(28)26-18(14-36)24(31)32/h1-2,5-8,17-18,35-36H,3-4,9-14H2,(H,25,27)(H,26,28)(H,29,30)(H,31,32)/t17-,18-/m0/s1. The van der Waals surface area contributed by atoms with Crippen LogP contribution < -0.4 is 20.1 Å². The topological polar surface area (TPSA) is 151 Å². The third kappa shape index (κ3) is 9.15. The van der Waals surface area contributed by atoms with E-state index >= 15 is 0 Å². The van der Waals surface area contributed by atoms with E-state index in [1.807, 2.05) is 24.3 Å². The van der Waals surface area contributed by atoms with Gasteiger partial charge in [-0.25, -0.2) is 9.59 Å². The molecule has 0 fully saturated rings. The van der Waals surface area contributed by atoms with Crippen molar-refractivity contribution in [2.24, 2.45) is 0 Å². The molecule has 0 aromatic heterocycles. The smallest absolute Gasteiger partial charge is 0.327 e. The van der Waals surface area contributed by atoms with Crippen molar-refractivity contribution in [2.75, 3.05) is 24.7 Å². The lowest BCUT2D eigenvalue weighted by molar-refractivity contribution is -0.141. The minimum Gasteiger partial charge on any atom is -0.493 e. The second kappa shape index (κ2) is 15.1. The molecule has 0 saturated carbocycles. The largest absolute Gasteiger partial charge is 0.493 e. The number of amides is 2. The number of hydrogen-bond donors (Lipinski definition) is 6. The van der Waals surface area contributed by atoms with Gasteiger partial charge in [-0.1, -0.05) is 24.3 Å². The van der Waals surface area contributed by atoms with E-state index in [2.05, 4.69) is 35.9 Å². The third-order valence-corrected chi connectivity index (χ3v) is 5.82. The number of nitrogens with one attached hydrogen (secondary N) is 2. The molecule has 0 bridgehead atoms. The molecule has 0 aliphatic heterocycles. The predicted octanol–water partition coefficient (Wildman–Crippen LogP) is 2.16. The number of carbonyl (C=O) groups is 4. The van der Waals surface area contributed by atoms with Gasteiger partial charge in [-0.3, -0.25) is 9.59 Å². The van der Waals surface area contributed by atoms with Gasteiger partial charge >= 0.3 is 11.9 Å². The van der Waals surface area contributed by atoms with Crippen molar-refractivity contribution < 1.29 is 38.9 Å². The summed E-state index contributed by atoms with van der Waals surface area (Å²) in [4.78, 5) is 45.8. The molecule has 0 saturated heterocycles. The van der Waals surface area contributed by atoms with Crippen molar-refractivity contribution in [3.05, 3.63) is 36.4 Å². The van der Waals surface area contributed by atoms with Crippen molar-refractivity contribution in [1.29, 1.82) is 0 Å². The molecule has 0 aliphatic rings. The third-order valence-electron chi connectivity index (χ3n) is 5.09. The van der Waals surface area contributed by atoms with Crippen LogP contribution >= 0.6 is 25.3 Å². The van der Waals surface area contributed by atoms with E-state index in [-0.39, 0.29) is 49.4 Å². The zero-order valence-corrected chi connectivity index (χ0v) is 21.3. The van der Waals surface area contributed by atoms with Crippen LogP contribution in [-0.2, 0) is 19.2 Å². The summed E-state index contributed by atoms with van der Waals surface area (Å²) in [5, 5.41) is 24.4. The minimum absolute atomic E-state index is 0.00638. The van der Waals surface area contributed by atoms with Crippen molar-refractivity contribution >= 4 is 59.8 Å². The summed E-state index contributed by atoms with van der Waals surface area (Å²) in [5.74, 6) is -1.79. The van der Waals surface area contributed by atoms with Crippen LogP contribution in [0.5, 0.6) is 11.5 Å². The van der Waals surface area contributed by atoms with Gasteiger partial charge in [-0.2, -0.15) is 25.3 Å². The number of carboxylic acid groups (broad SMARTS) is 2. The van der Waals surface area contributed by atoms with Crippen LogP contribution in [0.1, 0.15) is 25.7 Å². The van der Waals surface area contributed by atoms with Crippen LogP contribution in [0.2, 0.25) is 0 Å². The van der Waals surface area contributed by atoms with E-state index in [0.717, 1.165) is 10.8 Å². The van der Waals surface area contributed by atoms with Crippen LogP contribution in [-0.4, -0.2) is 70.8 Å². The summed E-state index contributed by atoms with van der Waals surface area (Å²) >= 11 is 7.83. The zero-order chi connectivity index (χ0) is 26.5. The number of ether oxygens (including phenoxy) is 2. The van der Waals surface area contributed by atoms with Gasteiger partial charge < -0.3 is 30.3 Å². The van der Waals surface area contributed by atoms with Crippen molar-refractivity contribution in [3.63, 3.8) is 0 Å². The molecule has 0 heterocycles. The van der Waals surface area contributed by atoms with Crippen molar-refractivity contribution in [1.82, 2.24) is 10.6 Å². The van der Waals surface area contributed by atoms with E-state index < -0.39 is 24.0 Å². The fourth-order valence-electron chi connectivity index (χ4n) is 3.24. The average Bonchev–Trinajstić information content (AvgIpc) is 2.86. The van der Waals surface area contributed by atoms with Crippen LogP contribution in [0.3, 0.4) is 0 Å². The Morgan fingerprint density at radius 2 is 1.11 bits per heavy atom. The molecule has 2 atom stereocenters. The zero-order valence-electron chi connectivity index (χ0n) is 19.5. The van der Waals surface area contributed by atoms with Crippen molar-refractivity contribution in [3.8, 4) is 11.5 Å². The number of carbonyl (C=O) groups excluding carboxylic acids is 2. The molecule has 0 aliphatic carbocycles. The Kier molecular flexibility index (Phi) is 12.2. The normalized spacial score (nSPS) is 12.4. The van der Waals surface area contributed by atoms with Gasteiger partial charge in [0.05, 0.1) is 13.2 Å². The Morgan fingerprint density at radius 1 is 0.722 bits per heavy atom. The van der Waals surface area contributed by atoms with Gasteiger partial charge in [0.25, 0.3) is 0 Å². The summed E-state index contributed by atoms with van der Waals surface area (Å²) in [6.07, 6.45) is 1.03. The SMILES string of the molecule is O=C(CCCOc1cccc2c(OCCCC(=O)N[C@@H](CS)C(=O)O)cccc12)N[C@@H](CS)C(=O)O. The Balaban J connectivity index is 1.86. The Labute approximate surface area is 219 Å². The quantitative estimate of drug-likeness (QED) is 0.141. The maximum Gasteiger partial charge on any atom is 0.327 e. The van der Waals surface area contributed by atoms with Gasteiger partial charge in [0.15, 0.2) is 0 Å². The first-order valence-electron chi connectivity index (χ1n) is 11.3. The van der Waals surface area contributed by atoms with Crippen LogP contribution in [0.15, 0.2) is 36.4 Å². The molecule has 10 nitrogen and oxygen atoms in total. The fraction of sp³-hybridized carbons (Fsp3) is 0.417. The molecule has 2 aromatic rings. The van der Waals surface area contributed by atoms with Gasteiger partial charge in [0, 0.05) is 35.1 Å². The molecule has 2 aromatic carbocycles. The molecule has 12 heteroatoms. The molecule has 2 amide bonds. The number of rotatable bonds is 16. The highest BCUT2D eigenvalue weighted by molar-refractivity contribution is 7.80. The molecule has 0 unspecified atom stereocenters. The molecule has 0 radical (unpaired) electrons. The average molecular weight is 539 g/mol. The van der Waals surface area contributed by atoms with Gasteiger partial charge in [0.1, 0.15) is 23.6 Å². The highest BCUT2D eigenvalue weighted by Crippen LogP contribution is 2.32. The summed E-state index contributed by atoms with van der Waals surface area (Å²) in [6, 6.07) is 8.95. The van der Waals surface area contributed by atoms with E-state index in [1.165, 1.54) is 0 Å². The minimum atomic E-state index is -1.13. The first-order valence-corrected chi connectivity index (χ1v) is 12.6. The molecule has 196 valence electrons. The number of carboxylic acids is 2. The molecular formula is C24H30N2O8S2. The molecule has 0 spiro atoms. The van der Waals surface area contributed by atoms with Crippen LogP contribution in [0.4, 0.5) is 0 Å². The lowest BCUT2D eigenvalue weighted by Gasteiger charge is -2.14. The maximum absolute atomic E-state index is 11.9. The van der Waals surface area contributed by atoms with E-state index in [0.29, 0.717) is 24.3 Å². The van der Waals surface area contributed by atoms with E-state index in [9.17, 15) is 19.2 Å². The fourth-order valence-corrected chi connectivity index (χ4v) is 3.73. The number of benzene rings is 2. The highest BCUT2D eigenvalue weighted by atomic mass is 32.1. The first-order chi connectivity index (χ1) is 17.3. The summed E-state index contributed by atoms with van der Waals surface area (Å²) in [5.41, 5.74) is 0. The van der Waals surface area contributed by atoms with Crippen LogP contribution in [0.25, 0.3) is 10.8 Å². The molecule has 2 rings (SSSR count). The molecule has 36 heavy (non-hydrogen) atoms. The molecular weight excluding hydrogens is 508 g/mol. The second-order valence-corrected chi connectivity index (χ2v) is 8.52. The van der Waals surface area contributed by atoms with Gasteiger partial charge in [-0.05, 0) is 25.0 Å². The first kappa shape index (κ1) is 29.1. The lowest BCUT2D eigenvalue weighted by atomic mass is 10.1. The van der Waals surface area contributed by atoms with E-state index in [4.69, 9.17) is 19.7 Å². The number of aliphatic carboxylic acids is 2.